The van der Waals surface area contributed by atoms with E-state index >= 15 is 0 Å². The molecule has 4 N–H and O–H groups in total. The number of anilines is 3. The van der Waals surface area contributed by atoms with Gasteiger partial charge in [0.05, 0.1) is 29.0 Å². The molecular formula is C15H19N3O. The summed E-state index contributed by atoms with van der Waals surface area (Å²) in [6.45, 7) is 6.18. The van der Waals surface area contributed by atoms with Gasteiger partial charge in [0.25, 0.3) is 0 Å². The summed E-state index contributed by atoms with van der Waals surface area (Å²) in [5.41, 5.74) is 13.9. The molecule has 0 bridgehead atoms. The molecule has 0 saturated heterocycles. The van der Waals surface area contributed by atoms with Gasteiger partial charge in [0.1, 0.15) is 0 Å². The fourth-order valence-corrected chi connectivity index (χ4v) is 2.32. The van der Waals surface area contributed by atoms with Crippen LogP contribution in [0.1, 0.15) is 32.8 Å². The minimum Gasteiger partial charge on any atom is -0.397 e. The number of hydrogen-bond acceptors (Lipinski definition) is 3. The molecule has 0 spiro atoms. The molecule has 1 aromatic carbocycles. The van der Waals surface area contributed by atoms with Crippen LogP contribution in [0.25, 0.3) is 0 Å². The first-order chi connectivity index (χ1) is 8.89. The van der Waals surface area contributed by atoms with E-state index in [1.54, 1.807) is 17.0 Å². The lowest BCUT2D eigenvalue weighted by molar-refractivity contribution is -0.121. The van der Waals surface area contributed by atoms with Crippen LogP contribution in [0, 0.1) is 11.8 Å². The molecular weight excluding hydrogens is 238 g/mol. The average Bonchev–Trinajstić information content (AvgIpc) is 2.52. The van der Waals surface area contributed by atoms with Crippen molar-refractivity contribution in [2.45, 2.75) is 32.6 Å². The molecule has 1 aliphatic rings. The molecule has 0 unspecified atom stereocenters. The van der Waals surface area contributed by atoms with Crippen LogP contribution in [0.15, 0.2) is 12.1 Å². The Bertz CT molecular complexity index is 593. The molecule has 4 heteroatoms. The smallest absolute Gasteiger partial charge is 0.238 e. The zero-order chi connectivity index (χ0) is 14.2. The molecule has 1 aromatic rings. The van der Waals surface area contributed by atoms with Crippen LogP contribution in [-0.2, 0) is 10.2 Å². The monoisotopic (exact) mass is 257 g/mol. The van der Waals surface area contributed by atoms with E-state index in [0.29, 0.717) is 17.9 Å². The molecule has 0 fully saturated rings. The van der Waals surface area contributed by atoms with E-state index in [-0.39, 0.29) is 5.91 Å². The van der Waals surface area contributed by atoms with Gasteiger partial charge in [-0.25, -0.2) is 0 Å². The topological polar surface area (TPSA) is 72.3 Å². The summed E-state index contributed by atoms with van der Waals surface area (Å²) in [5, 5.41) is 0. The summed E-state index contributed by atoms with van der Waals surface area (Å²) in [6.07, 6.45) is 0.780. The van der Waals surface area contributed by atoms with Gasteiger partial charge in [0.2, 0.25) is 5.91 Å². The van der Waals surface area contributed by atoms with Gasteiger partial charge in [-0.15, -0.1) is 5.92 Å². The van der Waals surface area contributed by atoms with Crippen LogP contribution in [0.2, 0.25) is 0 Å². The quantitative estimate of drug-likeness (QED) is 0.596. The van der Waals surface area contributed by atoms with Crippen LogP contribution < -0.4 is 16.4 Å². The van der Waals surface area contributed by atoms with Crippen LogP contribution >= 0.6 is 0 Å². The Kier molecular flexibility index (Phi) is 3.15. The standard InChI is InChI=1S/C15H19N3O/c1-4-5-6-7-18-13-9-12(17)11(16)8-10(13)15(2,3)14(18)19/h8-9H,4,7,16-17H2,1-3H3. The molecule has 0 radical (unpaired) electrons. The molecule has 4 nitrogen and oxygen atoms in total. The van der Waals surface area contributed by atoms with Gasteiger partial charge >= 0.3 is 0 Å². The zero-order valence-electron chi connectivity index (χ0n) is 11.6. The summed E-state index contributed by atoms with van der Waals surface area (Å²) in [5.74, 6) is 6.02. The molecule has 1 amide bonds. The van der Waals surface area contributed by atoms with Crippen LogP contribution in [0.5, 0.6) is 0 Å². The number of nitrogens with zero attached hydrogens (tertiary/aromatic N) is 1. The van der Waals surface area contributed by atoms with E-state index in [9.17, 15) is 4.79 Å². The first-order valence-electron chi connectivity index (χ1n) is 6.36. The Labute approximate surface area is 113 Å². The second-order valence-corrected chi connectivity index (χ2v) is 5.22. The molecule has 0 aromatic heterocycles. The molecule has 1 aliphatic heterocycles. The second kappa shape index (κ2) is 4.51. The van der Waals surface area contributed by atoms with Crippen LogP contribution in [-0.4, -0.2) is 12.5 Å². The van der Waals surface area contributed by atoms with E-state index in [2.05, 4.69) is 11.8 Å². The van der Waals surface area contributed by atoms with Crippen LogP contribution in [0.4, 0.5) is 17.1 Å². The molecule has 100 valence electrons. The number of fused-ring (bicyclic) bond motifs is 1. The van der Waals surface area contributed by atoms with Gasteiger partial charge < -0.3 is 11.5 Å². The van der Waals surface area contributed by atoms with E-state index in [0.717, 1.165) is 17.7 Å². The fraction of sp³-hybridized carbons (Fsp3) is 0.400. The lowest BCUT2D eigenvalue weighted by atomic mass is 9.86. The largest absolute Gasteiger partial charge is 0.397 e. The van der Waals surface area contributed by atoms with E-state index in [4.69, 9.17) is 11.5 Å². The maximum absolute atomic E-state index is 12.5. The Hall–Kier alpha value is -2.15. The third-order valence-corrected chi connectivity index (χ3v) is 3.48. The number of carbonyl (C=O) groups excluding carboxylic acids is 1. The number of rotatable bonds is 1. The molecule has 0 atom stereocenters. The first-order valence-corrected chi connectivity index (χ1v) is 6.36. The predicted molar refractivity (Wildman–Crippen MR) is 78.7 cm³/mol. The maximum Gasteiger partial charge on any atom is 0.238 e. The number of carbonyl (C=O) groups is 1. The lowest BCUT2D eigenvalue weighted by Gasteiger charge is -2.18. The SMILES string of the molecule is CCC#CCN1C(=O)C(C)(C)c2cc(N)c(N)cc21. The lowest BCUT2D eigenvalue weighted by Crippen LogP contribution is -2.36. The van der Waals surface area contributed by atoms with Crippen LogP contribution in [0.3, 0.4) is 0 Å². The summed E-state index contributed by atoms with van der Waals surface area (Å²) in [4.78, 5) is 14.2. The highest BCUT2D eigenvalue weighted by Gasteiger charge is 2.43. The highest BCUT2D eigenvalue weighted by Crippen LogP contribution is 2.43. The highest BCUT2D eigenvalue weighted by molar-refractivity contribution is 6.09. The van der Waals surface area contributed by atoms with E-state index in [1.165, 1.54) is 0 Å². The van der Waals surface area contributed by atoms with Gasteiger partial charge in [0, 0.05) is 6.42 Å². The zero-order valence-corrected chi connectivity index (χ0v) is 11.6. The third kappa shape index (κ3) is 2.01. The Balaban J connectivity index is 2.51. The average molecular weight is 257 g/mol. The molecule has 2 rings (SSSR count). The van der Waals surface area contributed by atoms with Crippen molar-refractivity contribution in [1.29, 1.82) is 0 Å². The van der Waals surface area contributed by atoms with Gasteiger partial charge in [-0.05, 0) is 31.5 Å². The van der Waals surface area contributed by atoms with Crippen molar-refractivity contribution >= 4 is 23.0 Å². The van der Waals surface area contributed by atoms with Gasteiger partial charge in [-0.1, -0.05) is 12.8 Å². The number of amides is 1. The van der Waals surface area contributed by atoms with Crippen molar-refractivity contribution in [2.75, 3.05) is 22.9 Å². The van der Waals surface area contributed by atoms with Gasteiger partial charge in [-0.2, -0.15) is 0 Å². The molecule has 0 aliphatic carbocycles. The first kappa shape index (κ1) is 13.3. The van der Waals surface area contributed by atoms with Crippen molar-refractivity contribution in [2.24, 2.45) is 0 Å². The number of benzene rings is 1. The predicted octanol–water partition coefficient (Wildman–Crippen LogP) is 1.89. The van der Waals surface area contributed by atoms with Crippen molar-refractivity contribution in [3.05, 3.63) is 17.7 Å². The number of nitrogen functional groups attached to an aromatic ring is 2. The Morgan fingerprint density at radius 3 is 2.47 bits per heavy atom. The van der Waals surface area contributed by atoms with Gasteiger partial charge in [0.15, 0.2) is 0 Å². The minimum absolute atomic E-state index is 0.0397. The van der Waals surface area contributed by atoms with E-state index < -0.39 is 5.41 Å². The molecule has 1 heterocycles. The summed E-state index contributed by atoms with van der Waals surface area (Å²) < 4.78 is 0. The summed E-state index contributed by atoms with van der Waals surface area (Å²) in [7, 11) is 0. The highest BCUT2D eigenvalue weighted by atomic mass is 16.2. The Morgan fingerprint density at radius 1 is 1.21 bits per heavy atom. The third-order valence-electron chi connectivity index (χ3n) is 3.48. The summed E-state index contributed by atoms with van der Waals surface area (Å²) >= 11 is 0. The van der Waals surface area contributed by atoms with Crippen molar-refractivity contribution in [3.8, 4) is 11.8 Å². The second-order valence-electron chi connectivity index (χ2n) is 5.22. The van der Waals surface area contributed by atoms with Crippen molar-refractivity contribution in [3.63, 3.8) is 0 Å². The molecule has 19 heavy (non-hydrogen) atoms. The number of hydrogen-bond donors (Lipinski definition) is 2. The fourth-order valence-electron chi connectivity index (χ4n) is 2.32. The van der Waals surface area contributed by atoms with E-state index in [1.807, 2.05) is 20.8 Å². The minimum atomic E-state index is -0.578. The van der Waals surface area contributed by atoms with Gasteiger partial charge in [-0.3, -0.25) is 9.69 Å². The summed E-state index contributed by atoms with van der Waals surface area (Å²) in [6, 6.07) is 3.57. The normalized spacial score (nSPS) is 15.9. The van der Waals surface area contributed by atoms with Crippen molar-refractivity contribution < 1.29 is 4.79 Å². The number of nitrogens with two attached hydrogens (primary N) is 2. The maximum atomic E-state index is 12.5. The Morgan fingerprint density at radius 2 is 1.84 bits per heavy atom. The molecule has 0 saturated carbocycles. The van der Waals surface area contributed by atoms with Crippen molar-refractivity contribution in [1.82, 2.24) is 0 Å².